The molecular weight excluding hydrogens is 353 g/mol. The predicted molar refractivity (Wildman–Crippen MR) is 109 cm³/mol. The Hall–Kier alpha value is -1.55. The second-order valence-corrected chi connectivity index (χ2v) is 6.83. The Balaban J connectivity index is 0.00000113. The summed E-state index contributed by atoms with van der Waals surface area (Å²) in [6.45, 7) is 7.31. The first-order valence-corrected chi connectivity index (χ1v) is 8.32. The van der Waals surface area contributed by atoms with Crippen LogP contribution in [0, 0.1) is 13.8 Å². The second-order valence-electron chi connectivity index (χ2n) is 6.83. The Morgan fingerprint density at radius 2 is 1.88 bits per heavy atom. The summed E-state index contributed by atoms with van der Waals surface area (Å²) in [5.41, 5.74) is 8.06. The molecule has 0 bridgehead atoms. The Kier molecular flexibility index (Phi) is 6.15. The molecule has 0 radical (unpaired) electrons. The van der Waals surface area contributed by atoms with E-state index in [1.165, 1.54) is 33.3 Å². The fourth-order valence-electron chi connectivity index (χ4n) is 3.65. The molecule has 25 heavy (non-hydrogen) atoms. The van der Waals surface area contributed by atoms with Gasteiger partial charge in [-0.3, -0.25) is 4.98 Å². The SMILES string of the molecule is Cc1ccc2c(c1)c1c(n2Cc2ccc(C)nc2)CCN(C)C1.Cl.Cl. The lowest BCUT2D eigenvalue weighted by Crippen LogP contribution is -2.27. The molecule has 5 heteroatoms. The van der Waals surface area contributed by atoms with Gasteiger partial charge in [0.2, 0.25) is 0 Å². The van der Waals surface area contributed by atoms with Crippen LogP contribution in [0.4, 0.5) is 0 Å². The summed E-state index contributed by atoms with van der Waals surface area (Å²) in [5, 5.41) is 1.42. The highest BCUT2D eigenvalue weighted by molar-refractivity contribution is 5.86. The monoisotopic (exact) mass is 377 g/mol. The van der Waals surface area contributed by atoms with Crippen LogP contribution in [0.5, 0.6) is 0 Å². The van der Waals surface area contributed by atoms with Gasteiger partial charge < -0.3 is 9.47 Å². The lowest BCUT2D eigenvalue weighted by atomic mass is 10.0. The standard InChI is InChI=1S/C20H23N3.2ClH/c1-14-4-7-19-17(10-14)18-13-22(3)9-8-20(18)23(19)12-16-6-5-15(2)21-11-16;;/h4-7,10-11H,8-9,12-13H2,1-3H3;2*1H. The number of pyridine rings is 1. The first-order chi connectivity index (χ1) is 11.1. The van der Waals surface area contributed by atoms with Crippen molar-refractivity contribution in [3.63, 3.8) is 0 Å². The zero-order chi connectivity index (χ0) is 16.0. The van der Waals surface area contributed by atoms with Crippen LogP contribution in [-0.2, 0) is 19.5 Å². The van der Waals surface area contributed by atoms with Gasteiger partial charge in [-0.1, -0.05) is 17.7 Å². The molecule has 1 aromatic carbocycles. The van der Waals surface area contributed by atoms with E-state index < -0.39 is 0 Å². The van der Waals surface area contributed by atoms with Gasteiger partial charge in [-0.15, -0.1) is 24.8 Å². The molecule has 4 rings (SSSR count). The molecule has 0 aliphatic carbocycles. The molecule has 0 unspecified atom stereocenters. The third-order valence-corrected chi connectivity index (χ3v) is 4.91. The third-order valence-electron chi connectivity index (χ3n) is 4.91. The zero-order valence-corrected chi connectivity index (χ0v) is 16.6. The fourth-order valence-corrected chi connectivity index (χ4v) is 3.65. The molecule has 3 heterocycles. The lowest BCUT2D eigenvalue weighted by Gasteiger charge is -2.24. The summed E-state index contributed by atoms with van der Waals surface area (Å²) in [7, 11) is 2.21. The third kappa shape index (κ3) is 3.69. The molecule has 0 saturated carbocycles. The van der Waals surface area contributed by atoms with Crippen molar-refractivity contribution in [2.24, 2.45) is 0 Å². The van der Waals surface area contributed by atoms with Gasteiger partial charge >= 0.3 is 0 Å². The van der Waals surface area contributed by atoms with E-state index >= 15 is 0 Å². The van der Waals surface area contributed by atoms with Crippen LogP contribution in [-0.4, -0.2) is 28.0 Å². The molecule has 1 aliphatic rings. The molecule has 0 atom stereocenters. The van der Waals surface area contributed by atoms with E-state index in [1.807, 2.05) is 13.1 Å². The summed E-state index contributed by atoms with van der Waals surface area (Å²) in [6.07, 6.45) is 3.13. The van der Waals surface area contributed by atoms with Crippen LogP contribution in [0.3, 0.4) is 0 Å². The van der Waals surface area contributed by atoms with E-state index in [4.69, 9.17) is 0 Å². The molecule has 0 amide bonds. The first kappa shape index (κ1) is 19.8. The minimum Gasteiger partial charge on any atom is -0.340 e. The molecule has 3 nitrogen and oxygen atoms in total. The average Bonchev–Trinajstić information content (AvgIpc) is 2.82. The van der Waals surface area contributed by atoms with Crippen molar-refractivity contribution in [1.82, 2.24) is 14.5 Å². The van der Waals surface area contributed by atoms with E-state index in [0.717, 1.165) is 31.7 Å². The zero-order valence-electron chi connectivity index (χ0n) is 15.0. The van der Waals surface area contributed by atoms with Gasteiger partial charge in [0, 0.05) is 54.5 Å². The van der Waals surface area contributed by atoms with Crippen molar-refractivity contribution < 1.29 is 0 Å². The number of aryl methyl sites for hydroxylation is 2. The molecule has 0 saturated heterocycles. The van der Waals surface area contributed by atoms with E-state index in [-0.39, 0.29) is 24.8 Å². The summed E-state index contributed by atoms with van der Waals surface area (Å²) in [5.74, 6) is 0. The van der Waals surface area contributed by atoms with E-state index in [1.54, 1.807) is 0 Å². The van der Waals surface area contributed by atoms with Crippen molar-refractivity contribution in [3.05, 3.63) is 64.6 Å². The fraction of sp³-hybridized carbons (Fsp3) is 0.350. The van der Waals surface area contributed by atoms with Crippen molar-refractivity contribution in [3.8, 4) is 0 Å². The largest absolute Gasteiger partial charge is 0.340 e. The van der Waals surface area contributed by atoms with Crippen molar-refractivity contribution in [1.29, 1.82) is 0 Å². The van der Waals surface area contributed by atoms with Crippen LogP contribution in [0.2, 0.25) is 0 Å². The van der Waals surface area contributed by atoms with Gasteiger partial charge in [0.05, 0.1) is 0 Å². The van der Waals surface area contributed by atoms with Gasteiger partial charge in [-0.05, 0) is 50.2 Å². The molecule has 3 aromatic rings. The van der Waals surface area contributed by atoms with Crippen LogP contribution < -0.4 is 0 Å². The van der Waals surface area contributed by atoms with Crippen LogP contribution in [0.15, 0.2) is 36.5 Å². The topological polar surface area (TPSA) is 21.1 Å². The van der Waals surface area contributed by atoms with Crippen LogP contribution >= 0.6 is 24.8 Å². The second kappa shape index (κ2) is 7.77. The van der Waals surface area contributed by atoms with Gasteiger partial charge in [-0.25, -0.2) is 0 Å². The summed E-state index contributed by atoms with van der Waals surface area (Å²) in [4.78, 5) is 6.87. The number of rotatable bonds is 2. The Morgan fingerprint density at radius 3 is 2.60 bits per heavy atom. The van der Waals surface area contributed by atoms with Crippen molar-refractivity contribution in [2.45, 2.75) is 33.4 Å². The number of hydrogen-bond acceptors (Lipinski definition) is 2. The maximum absolute atomic E-state index is 4.46. The first-order valence-electron chi connectivity index (χ1n) is 8.32. The molecule has 134 valence electrons. The highest BCUT2D eigenvalue weighted by Crippen LogP contribution is 2.31. The molecule has 2 aromatic heterocycles. The maximum Gasteiger partial charge on any atom is 0.0494 e. The number of hydrogen-bond donors (Lipinski definition) is 0. The average molecular weight is 378 g/mol. The number of aromatic nitrogens is 2. The molecular formula is C20H25Cl2N3. The van der Waals surface area contributed by atoms with E-state index in [0.29, 0.717) is 0 Å². The Labute approximate surface area is 161 Å². The minimum atomic E-state index is 0. The number of likely N-dealkylation sites (N-methyl/N-ethyl adjacent to an activating group) is 1. The highest BCUT2D eigenvalue weighted by Gasteiger charge is 2.22. The maximum atomic E-state index is 4.46. The van der Waals surface area contributed by atoms with Gasteiger partial charge in [0.25, 0.3) is 0 Å². The smallest absolute Gasteiger partial charge is 0.0494 e. The number of halogens is 2. The highest BCUT2D eigenvalue weighted by atomic mass is 35.5. The molecule has 0 spiro atoms. The number of benzene rings is 1. The molecule has 1 aliphatic heterocycles. The summed E-state index contributed by atoms with van der Waals surface area (Å²) < 4.78 is 2.50. The van der Waals surface area contributed by atoms with Gasteiger partial charge in [0.1, 0.15) is 0 Å². The summed E-state index contributed by atoms with van der Waals surface area (Å²) in [6, 6.07) is 11.2. The number of fused-ring (bicyclic) bond motifs is 3. The minimum absolute atomic E-state index is 0. The molecule has 0 fully saturated rings. The van der Waals surface area contributed by atoms with Crippen LogP contribution in [0.1, 0.15) is 28.1 Å². The van der Waals surface area contributed by atoms with E-state index in [9.17, 15) is 0 Å². The van der Waals surface area contributed by atoms with Gasteiger partial charge in [-0.2, -0.15) is 0 Å². The van der Waals surface area contributed by atoms with Crippen LogP contribution in [0.25, 0.3) is 10.9 Å². The van der Waals surface area contributed by atoms with Gasteiger partial charge in [0.15, 0.2) is 0 Å². The summed E-state index contributed by atoms with van der Waals surface area (Å²) >= 11 is 0. The van der Waals surface area contributed by atoms with Crippen molar-refractivity contribution >= 4 is 35.7 Å². The molecule has 0 N–H and O–H groups in total. The normalized spacial score (nSPS) is 13.9. The Morgan fingerprint density at radius 1 is 1.08 bits per heavy atom. The van der Waals surface area contributed by atoms with E-state index in [2.05, 4.69) is 58.8 Å². The number of nitrogens with zero attached hydrogens (tertiary/aromatic N) is 3. The van der Waals surface area contributed by atoms with Crippen molar-refractivity contribution in [2.75, 3.05) is 13.6 Å². The lowest BCUT2D eigenvalue weighted by molar-refractivity contribution is 0.310. The predicted octanol–water partition coefficient (Wildman–Crippen LogP) is 4.53. The quantitative estimate of drug-likeness (QED) is 0.653. The Bertz CT molecular complexity index is 869.